The minimum atomic E-state index is 0.344. The van der Waals surface area contributed by atoms with Crippen molar-refractivity contribution in [1.82, 2.24) is 19.7 Å². The van der Waals surface area contributed by atoms with Crippen LogP contribution in [-0.2, 0) is 7.05 Å². The van der Waals surface area contributed by atoms with Crippen molar-refractivity contribution in [2.24, 2.45) is 13.0 Å². The zero-order chi connectivity index (χ0) is 18.5. The van der Waals surface area contributed by atoms with Crippen LogP contribution in [0.2, 0.25) is 0 Å². The monoisotopic (exact) mass is 371 g/mol. The molecule has 0 N–H and O–H groups in total. The molecule has 0 spiro atoms. The third-order valence-electron chi connectivity index (χ3n) is 4.83. The summed E-state index contributed by atoms with van der Waals surface area (Å²) in [5.74, 6) is 7.12. The fourth-order valence-electron chi connectivity index (χ4n) is 3.56. The van der Waals surface area contributed by atoms with Crippen molar-refractivity contribution < 1.29 is 0 Å². The number of hydrogen-bond donors (Lipinski definition) is 0. The second-order valence-electron chi connectivity index (χ2n) is 7.29. The van der Waals surface area contributed by atoms with Gasteiger partial charge in [0.1, 0.15) is 0 Å². The standard InChI is InChI=1S/C20H26ClN5/c1-24(2)14-16-5-8-19(9-6-16)26(21)20-10-11-22-13-18(20)7-4-17-12-23-25(3)15-17/h10-13,15-16,19H,5-6,8-9,14H2,1-3H3. The van der Waals surface area contributed by atoms with E-state index in [1.165, 1.54) is 12.8 Å². The molecule has 1 saturated carbocycles. The summed E-state index contributed by atoms with van der Waals surface area (Å²) in [4.78, 5) is 6.50. The molecule has 0 bridgehead atoms. The number of pyridine rings is 1. The van der Waals surface area contributed by atoms with E-state index in [1.807, 2.05) is 23.7 Å². The highest BCUT2D eigenvalue weighted by Crippen LogP contribution is 2.33. The Kier molecular flexibility index (Phi) is 6.18. The van der Waals surface area contributed by atoms with Crippen molar-refractivity contribution in [2.75, 3.05) is 25.1 Å². The smallest absolute Gasteiger partial charge is 0.0714 e. The Bertz CT molecular complexity index is 781. The molecule has 0 saturated heterocycles. The highest BCUT2D eigenvalue weighted by Gasteiger charge is 2.26. The molecule has 1 fully saturated rings. The minimum absolute atomic E-state index is 0.344. The second-order valence-corrected chi connectivity index (χ2v) is 7.66. The molecule has 2 aromatic heterocycles. The Balaban J connectivity index is 1.71. The predicted octanol–water partition coefficient (Wildman–Crippen LogP) is 3.30. The fraction of sp³-hybridized carbons (Fsp3) is 0.500. The Morgan fingerprint density at radius 3 is 2.62 bits per heavy atom. The van der Waals surface area contributed by atoms with Crippen molar-refractivity contribution >= 4 is 17.5 Å². The van der Waals surface area contributed by atoms with Gasteiger partial charge in [0, 0.05) is 50.0 Å². The van der Waals surface area contributed by atoms with Gasteiger partial charge in [0.25, 0.3) is 0 Å². The number of aryl methyl sites for hydroxylation is 1. The van der Waals surface area contributed by atoms with E-state index in [4.69, 9.17) is 11.8 Å². The number of halogens is 1. The molecular formula is C20H26ClN5. The number of nitrogens with zero attached hydrogens (tertiary/aromatic N) is 5. The van der Waals surface area contributed by atoms with E-state index >= 15 is 0 Å². The maximum Gasteiger partial charge on any atom is 0.0714 e. The molecule has 0 unspecified atom stereocenters. The summed E-state index contributed by atoms with van der Waals surface area (Å²) < 4.78 is 3.62. The molecule has 1 aliphatic carbocycles. The summed E-state index contributed by atoms with van der Waals surface area (Å²) >= 11 is 6.74. The number of hydrogen-bond acceptors (Lipinski definition) is 4. The van der Waals surface area contributed by atoms with E-state index in [2.05, 4.69) is 40.9 Å². The average Bonchev–Trinajstić information content (AvgIpc) is 3.05. The molecule has 0 aromatic carbocycles. The molecule has 0 aliphatic heterocycles. The molecule has 2 heterocycles. The summed E-state index contributed by atoms with van der Waals surface area (Å²) in [6.07, 6.45) is 11.9. The molecule has 6 heteroatoms. The zero-order valence-electron chi connectivity index (χ0n) is 15.7. The molecular weight excluding hydrogens is 346 g/mol. The Morgan fingerprint density at radius 1 is 1.19 bits per heavy atom. The summed E-state index contributed by atoms with van der Waals surface area (Å²) in [5.41, 5.74) is 2.67. The van der Waals surface area contributed by atoms with Gasteiger partial charge in [-0.2, -0.15) is 5.10 Å². The maximum absolute atomic E-state index is 6.74. The lowest BCUT2D eigenvalue weighted by atomic mass is 9.85. The first-order valence-corrected chi connectivity index (χ1v) is 9.41. The van der Waals surface area contributed by atoms with Crippen LogP contribution in [0, 0.1) is 17.8 Å². The van der Waals surface area contributed by atoms with Gasteiger partial charge >= 0.3 is 0 Å². The van der Waals surface area contributed by atoms with Gasteiger partial charge in [-0.15, -0.1) is 0 Å². The van der Waals surface area contributed by atoms with Crippen LogP contribution < -0.4 is 4.42 Å². The van der Waals surface area contributed by atoms with Gasteiger partial charge in [-0.3, -0.25) is 14.1 Å². The third-order valence-corrected chi connectivity index (χ3v) is 5.29. The predicted molar refractivity (Wildman–Crippen MR) is 106 cm³/mol. The lowest BCUT2D eigenvalue weighted by Gasteiger charge is -2.35. The SMILES string of the molecule is CN(C)CC1CCC(N(Cl)c2ccncc2C#Cc2cnn(C)c2)CC1. The third kappa shape index (κ3) is 4.78. The van der Waals surface area contributed by atoms with Gasteiger partial charge in [-0.1, -0.05) is 11.8 Å². The van der Waals surface area contributed by atoms with Crippen LogP contribution in [0.1, 0.15) is 36.8 Å². The van der Waals surface area contributed by atoms with E-state index in [0.29, 0.717) is 6.04 Å². The second kappa shape index (κ2) is 8.57. The van der Waals surface area contributed by atoms with Crippen LogP contribution in [0.4, 0.5) is 5.69 Å². The number of aromatic nitrogens is 3. The maximum atomic E-state index is 6.74. The zero-order valence-corrected chi connectivity index (χ0v) is 16.4. The Labute approximate surface area is 161 Å². The first kappa shape index (κ1) is 18.8. The molecule has 0 amide bonds. The van der Waals surface area contributed by atoms with Crippen molar-refractivity contribution in [3.8, 4) is 11.8 Å². The normalized spacial score (nSPS) is 19.9. The largest absolute Gasteiger partial charge is 0.309 e. The van der Waals surface area contributed by atoms with Gasteiger partial charge in [0.15, 0.2) is 0 Å². The molecule has 3 rings (SSSR count). The van der Waals surface area contributed by atoms with Crippen LogP contribution >= 0.6 is 11.8 Å². The number of rotatable bonds is 4. The van der Waals surface area contributed by atoms with Crippen molar-refractivity contribution in [3.05, 3.63) is 42.0 Å². The van der Waals surface area contributed by atoms with Gasteiger partial charge in [-0.05, 0) is 51.8 Å². The molecule has 5 nitrogen and oxygen atoms in total. The Hall–Kier alpha value is -2.03. The molecule has 0 atom stereocenters. The summed E-state index contributed by atoms with van der Waals surface area (Å²) in [6, 6.07) is 2.29. The lowest BCUT2D eigenvalue weighted by molar-refractivity contribution is 0.251. The van der Waals surface area contributed by atoms with E-state index in [0.717, 1.165) is 42.1 Å². The topological polar surface area (TPSA) is 37.2 Å². The van der Waals surface area contributed by atoms with Crippen LogP contribution in [0.15, 0.2) is 30.9 Å². The molecule has 1 aliphatic rings. The van der Waals surface area contributed by atoms with Crippen LogP contribution in [0.5, 0.6) is 0 Å². The lowest BCUT2D eigenvalue weighted by Crippen LogP contribution is -2.34. The van der Waals surface area contributed by atoms with E-state index in [1.54, 1.807) is 23.3 Å². The van der Waals surface area contributed by atoms with E-state index < -0.39 is 0 Å². The van der Waals surface area contributed by atoms with Crippen molar-refractivity contribution in [2.45, 2.75) is 31.7 Å². The molecule has 2 aromatic rings. The van der Waals surface area contributed by atoms with Crippen LogP contribution in [0.25, 0.3) is 0 Å². The van der Waals surface area contributed by atoms with Crippen molar-refractivity contribution in [3.63, 3.8) is 0 Å². The first-order chi connectivity index (χ1) is 12.5. The van der Waals surface area contributed by atoms with Crippen LogP contribution in [-0.4, -0.2) is 46.3 Å². The quantitative estimate of drug-likeness (QED) is 0.610. The minimum Gasteiger partial charge on any atom is -0.309 e. The van der Waals surface area contributed by atoms with Crippen molar-refractivity contribution in [1.29, 1.82) is 0 Å². The highest BCUT2D eigenvalue weighted by molar-refractivity contribution is 6.26. The average molecular weight is 372 g/mol. The fourth-order valence-corrected chi connectivity index (χ4v) is 3.90. The first-order valence-electron chi connectivity index (χ1n) is 9.07. The van der Waals surface area contributed by atoms with E-state index in [9.17, 15) is 0 Å². The number of anilines is 1. The van der Waals surface area contributed by atoms with Gasteiger partial charge in [0.05, 0.1) is 23.0 Å². The van der Waals surface area contributed by atoms with Crippen LogP contribution in [0.3, 0.4) is 0 Å². The Morgan fingerprint density at radius 2 is 1.96 bits per heavy atom. The summed E-state index contributed by atoms with van der Waals surface area (Å²) in [5, 5.41) is 4.15. The van der Waals surface area contributed by atoms with Gasteiger partial charge in [-0.25, -0.2) is 0 Å². The highest BCUT2D eigenvalue weighted by atomic mass is 35.5. The molecule has 138 valence electrons. The van der Waals surface area contributed by atoms with E-state index in [-0.39, 0.29) is 0 Å². The molecule has 0 radical (unpaired) electrons. The summed E-state index contributed by atoms with van der Waals surface area (Å²) in [6.45, 7) is 1.16. The molecule has 26 heavy (non-hydrogen) atoms. The summed E-state index contributed by atoms with van der Waals surface area (Å²) in [7, 11) is 6.17. The van der Waals surface area contributed by atoms with Gasteiger partial charge in [0.2, 0.25) is 0 Å². The van der Waals surface area contributed by atoms with Gasteiger partial charge < -0.3 is 4.90 Å².